The molecule has 1 atom stereocenters. The number of esters is 3. The quantitative estimate of drug-likeness (QED) is 0.0262. The lowest BCUT2D eigenvalue weighted by Gasteiger charge is -2.18. The van der Waals surface area contributed by atoms with Crippen LogP contribution in [0.1, 0.15) is 297 Å². The molecule has 0 aliphatic carbocycles. The molecule has 0 rings (SSSR count). The largest absolute Gasteiger partial charge is 0.462 e. The third kappa shape index (κ3) is 52.3. The monoisotopic (exact) mass is 925 g/mol. The van der Waals surface area contributed by atoms with E-state index in [1.165, 1.54) is 154 Å². The van der Waals surface area contributed by atoms with E-state index in [1.54, 1.807) is 0 Å². The van der Waals surface area contributed by atoms with Gasteiger partial charge in [-0.25, -0.2) is 0 Å². The van der Waals surface area contributed by atoms with Gasteiger partial charge in [0.2, 0.25) is 0 Å². The van der Waals surface area contributed by atoms with E-state index in [2.05, 4.69) is 69.4 Å². The summed E-state index contributed by atoms with van der Waals surface area (Å²) >= 11 is 0. The van der Waals surface area contributed by atoms with Crippen LogP contribution in [0.2, 0.25) is 0 Å². The normalized spacial score (nSPS) is 12.3. The van der Waals surface area contributed by atoms with Crippen molar-refractivity contribution in [2.24, 2.45) is 0 Å². The summed E-state index contributed by atoms with van der Waals surface area (Å²) in [6.45, 7) is 6.60. The first-order chi connectivity index (χ1) is 32.5. The molecule has 0 radical (unpaired) electrons. The third-order valence-electron chi connectivity index (χ3n) is 12.6. The van der Waals surface area contributed by atoms with Crippen molar-refractivity contribution >= 4 is 17.9 Å². The second-order valence-electron chi connectivity index (χ2n) is 19.2. The lowest BCUT2D eigenvalue weighted by atomic mass is 10.0. The highest BCUT2D eigenvalue weighted by Gasteiger charge is 2.19. The van der Waals surface area contributed by atoms with Crippen LogP contribution in [0.25, 0.3) is 0 Å². The van der Waals surface area contributed by atoms with E-state index in [-0.39, 0.29) is 31.1 Å². The fraction of sp³-hybridized carbons (Fsp3) is 0.817. The molecule has 0 aromatic heterocycles. The van der Waals surface area contributed by atoms with Crippen LogP contribution in [0.3, 0.4) is 0 Å². The number of unbranched alkanes of at least 4 members (excludes halogenated alkanes) is 33. The van der Waals surface area contributed by atoms with Crippen LogP contribution in [-0.2, 0) is 28.6 Å². The molecule has 6 nitrogen and oxygen atoms in total. The lowest BCUT2D eigenvalue weighted by Crippen LogP contribution is -2.30. The maximum absolute atomic E-state index is 12.8. The number of ether oxygens (including phenoxy) is 3. The zero-order chi connectivity index (χ0) is 47.9. The number of carbonyl (C=O) groups excluding carboxylic acids is 3. The minimum absolute atomic E-state index is 0.0806. The molecular weight excluding hydrogens is 817 g/mol. The van der Waals surface area contributed by atoms with Crippen molar-refractivity contribution in [3.63, 3.8) is 0 Å². The smallest absolute Gasteiger partial charge is 0.306 e. The van der Waals surface area contributed by atoms with Crippen LogP contribution in [-0.4, -0.2) is 37.2 Å². The Labute approximate surface area is 409 Å². The molecule has 0 aliphatic rings. The Bertz CT molecular complexity index is 1150. The maximum Gasteiger partial charge on any atom is 0.306 e. The average Bonchev–Trinajstić information content (AvgIpc) is 3.31. The van der Waals surface area contributed by atoms with Crippen LogP contribution in [0.5, 0.6) is 0 Å². The van der Waals surface area contributed by atoms with Gasteiger partial charge in [0.1, 0.15) is 13.2 Å². The Balaban J connectivity index is 4.37. The summed E-state index contributed by atoms with van der Waals surface area (Å²) in [6, 6.07) is 0. The van der Waals surface area contributed by atoms with E-state index in [4.69, 9.17) is 14.2 Å². The highest BCUT2D eigenvalue weighted by molar-refractivity contribution is 5.71. The topological polar surface area (TPSA) is 78.9 Å². The Hall–Kier alpha value is -2.63. The molecule has 0 N–H and O–H groups in total. The first-order valence-corrected chi connectivity index (χ1v) is 28.6. The van der Waals surface area contributed by atoms with Crippen LogP contribution in [0.15, 0.2) is 48.6 Å². The fourth-order valence-electron chi connectivity index (χ4n) is 8.21. The number of rotatable bonds is 52. The minimum atomic E-state index is -0.784. The minimum Gasteiger partial charge on any atom is -0.462 e. The number of hydrogen-bond donors (Lipinski definition) is 0. The second-order valence-corrected chi connectivity index (χ2v) is 19.2. The Morgan fingerprint density at radius 2 is 0.545 bits per heavy atom. The number of carbonyl (C=O) groups is 3. The summed E-state index contributed by atoms with van der Waals surface area (Å²) in [6.07, 6.45) is 66.7. The fourth-order valence-corrected chi connectivity index (χ4v) is 8.21. The molecule has 0 spiro atoms. The summed E-state index contributed by atoms with van der Waals surface area (Å²) in [7, 11) is 0. The van der Waals surface area contributed by atoms with Gasteiger partial charge in [-0.1, -0.05) is 243 Å². The maximum atomic E-state index is 12.8. The molecule has 66 heavy (non-hydrogen) atoms. The molecule has 384 valence electrons. The van der Waals surface area contributed by atoms with Crippen molar-refractivity contribution in [1.29, 1.82) is 0 Å². The van der Waals surface area contributed by atoms with E-state index in [9.17, 15) is 14.4 Å². The molecule has 0 saturated carbocycles. The molecule has 0 aromatic rings. The lowest BCUT2D eigenvalue weighted by molar-refractivity contribution is -0.167. The molecule has 0 amide bonds. The van der Waals surface area contributed by atoms with Crippen LogP contribution < -0.4 is 0 Å². The predicted molar refractivity (Wildman–Crippen MR) is 284 cm³/mol. The zero-order valence-corrected chi connectivity index (χ0v) is 44.0. The molecule has 0 bridgehead atoms. The van der Waals surface area contributed by atoms with Crippen molar-refractivity contribution < 1.29 is 28.6 Å². The SMILES string of the molecule is CCCCC/C=C/C/C=C/CCCCCCCC(=O)OC[C@H](COC(=O)CCCCCCCCCCCCCCCCCCCC)OC(=O)CCCCCCC/C=C/C/C=C/CCCCC. The van der Waals surface area contributed by atoms with Gasteiger partial charge in [0.25, 0.3) is 0 Å². The first-order valence-electron chi connectivity index (χ1n) is 28.6. The van der Waals surface area contributed by atoms with Crippen LogP contribution in [0, 0.1) is 0 Å². The molecule has 0 fully saturated rings. The van der Waals surface area contributed by atoms with Gasteiger partial charge >= 0.3 is 17.9 Å². The molecule has 0 heterocycles. The average molecular weight is 926 g/mol. The second kappa shape index (κ2) is 55.0. The molecular formula is C60H108O6. The first kappa shape index (κ1) is 63.4. The van der Waals surface area contributed by atoms with Gasteiger partial charge in [0.05, 0.1) is 0 Å². The van der Waals surface area contributed by atoms with Crippen molar-refractivity contribution in [3.8, 4) is 0 Å². The highest BCUT2D eigenvalue weighted by atomic mass is 16.6. The predicted octanol–water partition coefficient (Wildman–Crippen LogP) is 19.0. The third-order valence-corrected chi connectivity index (χ3v) is 12.6. The van der Waals surface area contributed by atoms with E-state index >= 15 is 0 Å². The van der Waals surface area contributed by atoms with Crippen LogP contribution in [0.4, 0.5) is 0 Å². The number of allylic oxidation sites excluding steroid dienone is 8. The number of hydrogen-bond acceptors (Lipinski definition) is 6. The van der Waals surface area contributed by atoms with E-state index in [0.717, 1.165) is 103 Å². The van der Waals surface area contributed by atoms with Crippen molar-refractivity contribution in [2.45, 2.75) is 303 Å². The molecule has 0 aromatic carbocycles. The Morgan fingerprint density at radius 1 is 0.303 bits per heavy atom. The molecule has 6 heteroatoms. The summed E-state index contributed by atoms with van der Waals surface area (Å²) in [5, 5.41) is 0. The van der Waals surface area contributed by atoms with Gasteiger partial charge in [-0.3, -0.25) is 14.4 Å². The van der Waals surface area contributed by atoms with Gasteiger partial charge in [0, 0.05) is 19.3 Å². The summed E-state index contributed by atoms with van der Waals surface area (Å²) in [4.78, 5) is 38.1. The van der Waals surface area contributed by atoms with Gasteiger partial charge in [-0.2, -0.15) is 0 Å². The van der Waals surface area contributed by atoms with E-state index in [0.29, 0.717) is 19.3 Å². The van der Waals surface area contributed by atoms with E-state index in [1.807, 2.05) is 0 Å². The van der Waals surface area contributed by atoms with Crippen LogP contribution >= 0.6 is 0 Å². The van der Waals surface area contributed by atoms with E-state index < -0.39 is 6.10 Å². The standard InChI is InChI=1S/C60H108O6/c1-4-7-10-13-16-19-22-25-28-29-30-33-35-38-41-44-47-50-53-59(62)65-56-57(66-60(63)54-51-48-45-42-39-36-32-27-24-21-18-15-12-9-6-3)55-64-58(61)52-49-46-43-40-37-34-31-26-23-20-17-14-11-8-5-2/h17-18,20-21,26-27,31-32,57H,4-16,19,22-25,28-30,33-56H2,1-3H3/b20-17+,21-18+,31-26+,32-27+/t57-/m1/s1. The highest BCUT2D eigenvalue weighted by Crippen LogP contribution is 2.16. The van der Waals surface area contributed by atoms with Gasteiger partial charge in [-0.15, -0.1) is 0 Å². The summed E-state index contributed by atoms with van der Waals surface area (Å²) in [5.41, 5.74) is 0. The van der Waals surface area contributed by atoms with Crippen molar-refractivity contribution in [2.75, 3.05) is 13.2 Å². The molecule has 0 unspecified atom stereocenters. The van der Waals surface area contributed by atoms with Crippen molar-refractivity contribution in [3.05, 3.63) is 48.6 Å². The van der Waals surface area contributed by atoms with Gasteiger partial charge in [-0.05, 0) is 83.5 Å². The molecule has 0 saturated heterocycles. The van der Waals surface area contributed by atoms with Gasteiger partial charge in [0.15, 0.2) is 6.10 Å². The zero-order valence-electron chi connectivity index (χ0n) is 44.0. The summed E-state index contributed by atoms with van der Waals surface area (Å²) < 4.78 is 16.8. The Kier molecular flexibility index (Phi) is 52.8. The summed E-state index contributed by atoms with van der Waals surface area (Å²) in [5.74, 6) is -0.895. The molecule has 0 aliphatic heterocycles. The van der Waals surface area contributed by atoms with Gasteiger partial charge < -0.3 is 14.2 Å². The Morgan fingerprint density at radius 3 is 0.864 bits per heavy atom. The van der Waals surface area contributed by atoms with Crippen molar-refractivity contribution in [1.82, 2.24) is 0 Å².